The zero-order chi connectivity index (χ0) is 18.9. The molecule has 1 aliphatic heterocycles. The summed E-state index contributed by atoms with van der Waals surface area (Å²) in [5.74, 6) is -0.302. The highest BCUT2D eigenvalue weighted by molar-refractivity contribution is 6.01. The smallest absolute Gasteiger partial charge is 0.240 e. The van der Waals surface area contributed by atoms with Crippen molar-refractivity contribution in [3.8, 4) is 0 Å². The number of fused-ring (bicyclic) bond motifs is 1. The molecule has 0 bridgehead atoms. The van der Waals surface area contributed by atoms with E-state index in [4.69, 9.17) is 4.74 Å². The van der Waals surface area contributed by atoms with Crippen LogP contribution in [-0.2, 0) is 20.7 Å². The van der Waals surface area contributed by atoms with Gasteiger partial charge < -0.3 is 20.1 Å². The molecule has 1 heterocycles. The summed E-state index contributed by atoms with van der Waals surface area (Å²) in [6.45, 7) is 6.34. The lowest BCUT2D eigenvalue weighted by atomic mass is 9.54. The van der Waals surface area contributed by atoms with Crippen molar-refractivity contribution in [3.63, 3.8) is 0 Å². The van der Waals surface area contributed by atoms with Gasteiger partial charge in [0.25, 0.3) is 0 Å². The van der Waals surface area contributed by atoms with E-state index in [2.05, 4.69) is 5.32 Å². The molecule has 3 rings (SSSR count). The molecule has 1 aromatic carbocycles. The predicted molar refractivity (Wildman–Crippen MR) is 98.9 cm³/mol. The zero-order valence-corrected chi connectivity index (χ0v) is 15.7. The van der Waals surface area contributed by atoms with Gasteiger partial charge in [-0.2, -0.15) is 0 Å². The Balaban J connectivity index is 1.72. The number of carbonyl (C=O) groups excluding carboxylic acids is 2. The monoisotopic (exact) mass is 360 g/mol. The van der Waals surface area contributed by atoms with Crippen LogP contribution in [-0.4, -0.2) is 48.3 Å². The number of nitrogens with zero attached hydrogens (tertiary/aromatic N) is 1. The molecule has 2 N–H and O–H groups in total. The topological polar surface area (TPSA) is 78.9 Å². The van der Waals surface area contributed by atoms with Gasteiger partial charge in [-0.05, 0) is 25.0 Å². The quantitative estimate of drug-likeness (QED) is 0.808. The predicted octanol–water partition coefficient (Wildman–Crippen LogP) is 1.65. The number of ether oxygens (including phenoxy) is 1. The molecular weight excluding hydrogens is 332 g/mol. The number of hydrogen-bond acceptors (Lipinski definition) is 4. The van der Waals surface area contributed by atoms with Gasteiger partial charge in [0, 0.05) is 30.6 Å². The van der Waals surface area contributed by atoms with Crippen LogP contribution in [0.2, 0.25) is 0 Å². The second-order valence-electron chi connectivity index (χ2n) is 7.77. The molecule has 0 saturated heterocycles. The Hall–Kier alpha value is -1.92. The van der Waals surface area contributed by atoms with Crippen LogP contribution >= 0.6 is 0 Å². The Morgan fingerprint density at radius 3 is 2.73 bits per heavy atom. The summed E-state index contributed by atoms with van der Waals surface area (Å²) >= 11 is 0. The molecule has 1 saturated carbocycles. The minimum absolute atomic E-state index is 0.00251. The average Bonchev–Trinajstić information content (AvgIpc) is 2.63. The number of rotatable bonds is 6. The zero-order valence-electron chi connectivity index (χ0n) is 15.7. The molecule has 1 aliphatic carbocycles. The molecule has 142 valence electrons. The third-order valence-electron chi connectivity index (χ3n) is 6.08. The first-order chi connectivity index (χ1) is 12.3. The number of para-hydroxylation sites is 1. The highest BCUT2D eigenvalue weighted by atomic mass is 16.5. The number of hydrogen-bond donors (Lipinski definition) is 2. The molecular formula is C20H28N2O4. The van der Waals surface area contributed by atoms with Crippen molar-refractivity contribution in [2.45, 2.75) is 51.7 Å². The van der Waals surface area contributed by atoms with Gasteiger partial charge in [-0.3, -0.25) is 9.59 Å². The van der Waals surface area contributed by atoms with Crippen molar-refractivity contribution in [2.75, 3.05) is 24.7 Å². The molecule has 0 spiro atoms. The molecule has 2 aliphatic rings. The van der Waals surface area contributed by atoms with Crippen molar-refractivity contribution >= 4 is 17.5 Å². The van der Waals surface area contributed by atoms with Crippen molar-refractivity contribution in [3.05, 3.63) is 29.8 Å². The molecule has 26 heavy (non-hydrogen) atoms. The first-order valence-corrected chi connectivity index (χ1v) is 9.26. The van der Waals surface area contributed by atoms with Crippen LogP contribution in [0.4, 0.5) is 5.69 Å². The first-order valence-electron chi connectivity index (χ1n) is 9.26. The maximum absolute atomic E-state index is 12.7. The fourth-order valence-electron chi connectivity index (χ4n) is 4.12. The van der Waals surface area contributed by atoms with Crippen LogP contribution in [0.5, 0.6) is 0 Å². The SMILES string of the molecule is CCOC1CC(CO)(NC(=O)CN2C(=O)CCc3ccccc32)C1(C)C. The molecule has 2 amide bonds. The van der Waals surface area contributed by atoms with Gasteiger partial charge in [0.05, 0.1) is 18.2 Å². The molecule has 2 unspecified atom stereocenters. The third-order valence-corrected chi connectivity index (χ3v) is 6.08. The molecule has 0 aromatic heterocycles. The Bertz CT molecular complexity index is 703. The van der Waals surface area contributed by atoms with E-state index in [0.29, 0.717) is 25.9 Å². The number of amides is 2. The largest absolute Gasteiger partial charge is 0.394 e. The van der Waals surface area contributed by atoms with E-state index in [1.54, 1.807) is 4.90 Å². The molecule has 1 aromatic rings. The Labute approximate surface area is 154 Å². The second kappa shape index (κ2) is 7.00. The van der Waals surface area contributed by atoms with E-state index in [1.807, 2.05) is 45.0 Å². The minimum atomic E-state index is -0.720. The lowest BCUT2D eigenvalue weighted by Crippen LogP contribution is -2.74. The van der Waals surface area contributed by atoms with E-state index >= 15 is 0 Å². The molecule has 2 atom stereocenters. The van der Waals surface area contributed by atoms with Gasteiger partial charge in [-0.15, -0.1) is 0 Å². The van der Waals surface area contributed by atoms with Crippen LogP contribution in [0.15, 0.2) is 24.3 Å². The summed E-state index contributed by atoms with van der Waals surface area (Å²) in [6, 6.07) is 7.68. The fraction of sp³-hybridized carbons (Fsp3) is 0.600. The van der Waals surface area contributed by atoms with Gasteiger partial charge in [-0.1, -0.05) is 32.0 Å². The first kappa shape index (κ1) is 18.9. The van der Waals surface area contributed by atoms with Crippen molar-refractivity contribution in [2.24, 2.45) is 5.41 Å². The minimum Gasteiger partial charge on any atom is -0.394 e. The van der Waals surface area contributed by atoms with Crippen LogP contribution in [0, 0.1) is 5.41 Å². The van der Waals surface area contributed by atoms with Crippen LogP contribution < -0.4 is 10.2 Å². The second-order valence-corrected chi connectivity index (χ2v) is 7.77. The van der Waals surface area contributed by atoms with Gasteiger partial charge in [0.15, 0.2) is 0 Å². The van der Waals surface area contributed by atoms with E-state index in [9.17, 15) is 14.7 Å². The molecule has 0 radical (unpaired) electrons. The fourth-order valence-corrected chi connectivity index (χ4v) is 4.12. The third kappa shape index (κ3) is 3.01. The lowest BCUT2D eigenvalue weighted by molar-refractivity contribution is -0.180. The maximum Gasteiger partial charge on any atom is 0.240 e. The number of aryl methyl sites for hydroxylation is 1. The Morgan fingerprint density at radius 2 is 2.08 bits per heavy atom. The Morgan fingerprint density at radius 1 is 1.35 bits per heavy atom. The summed E-state index contributed by atoms with van der Waals surface area (Å²) in [6.07, 6.45) is 1.68. The van der Waals surface area contributed by atoms with Crippen LogP contribution in [0.25, 0.3) is 0 Å². The van der Waals surface area contributed by atoms with E-state index in [0.717, 1.165) is 11.3 Å². The summed E-state index contributed by atoms with van der Waals surface area (Å²) in [5.41, 5.74) is 0.786. The number of aliphatic hydroxyl groups excluding tert-OH is 1. The number of carbonyl (C=O) groups is 2. The van der Waals surface area contributed by atoms with E-state index in [1.165, 1.54) is 0 Å². The van der Waals surface area contributed by atoms with Crippen molar-refractivity contribution < 1.29 is 19.4 Å². The molecule has 1 fully saturated rings. The summed E-state index contributed by atoms with van der Waals surface area (Å²) in [7, 11) is 0. The average molecular weight is 360 g/mol. The lowest BCUT2D eigenvalue weighted by Gasteiger charge is -2.60. The maximum atomic E-state index is 12.7. The van der Waals surface area contributed by atoms with Crippen molar-refractivity contribution in [1.82, 2.24) is 5.32 Å². The van der Waals surface area contributed by atoms with Crippen molar-refractivity contribution in [1.29, 1.82) is 0 Å². The molecule has 6 nitrogen and oxygen atoms in total. The normalized spacial score (nSPS) is 26.8. The van der Waals surface area contributed by atoms with Gasteiger partial charge >= 0.3 is 0 Å². The number of anilines is 1. The van der Waals surface area contributed by atoms with Crippen LogP contribution in [0.3, 0.4) is 0 Å². The van der Waals surface area contributed by atoms with Crippen LogP contribution in [0.1, 0.15) is 39.2 Å². The number of aliphatic hydroxyl groups is 1. The van der Waals surface area contributed by atoms with Gasteiger partial charge in [0.2, 0.25) is 11.8 Å². The van der Waals surface area contributed by atoms with Gasteiger partial charge in [0.1, 0.15) is 6.54 Å². The van der Waals surface area contributed by atoms with E-state index in [-0.39, 0.29) is 36.5 Å². The number of benzene rings is 1. The summed E-state index contributed by atoms with van der Waals surface area (Å²) in [5, 5.41) is 13.0. The molecule has 6 heteroatoms. The standard InChI is InChI=1S/C20H28N2O4/c1-4-26-16-11-20(13-23,19(16,2)3)21-17(24)12-22-15-8-6-5-7-14(15)9-10-18(22)25/h5-8,16,23H,4,9-13H2,1-3H3,(H,21,24). The highest BCUT2D eigenvalue weighted by Gasteiger charge is 2.61. The summed E-state index contributed by atoms with van der Waals surface area (Å²) in [4.78, 5) is 26.6. The van der Waals surface area contributed by atoms with E-state index < -0.39 is 5.54 Å². The summed E-state index contributed by atoms with van der Waals surface area (Å²) < 4.78 is 5.72. The highest BCUT2D eigenvalue weighted by Crippen LogP contribution is 2.51. The van der Waals surface area contributed by atoms with Gasteiger partial charge in [-0.25, -0.2) is 0 Å². The number of nitrogens with one attached hydrogen (secondary N) is 1. The Kier molecular flexibility index (Phi) is 5.08.